The van der Waals surface area contributed by atoms with Crippen LogP contribution in [0.3, 0.4) is 0 Å². The average molecular weight is 291 g/mol. The van der Waals surface area contributed by atoms with Crippen molar-refractivity contribution in [3.8, 4) is 0 Å². The molecule has 1 aromatic rings. The number of nitrogens with zero attached hydrogens (tertiary/aromatic N) is 3. The normalized spacial score (nSPS) is 20.2. The van der Waals surface area contributed by atoms with Crippen molar-refractivity contribution in [2.75, 3.05) is 51.2 Å². The van der Waals surface area contributed by atoms with E-state index in [1.807, 2.05) is 0 Å². The van der Waals surface area contributed by atoms with Gasteiger partial charge in [0, 0.05) is 39.3 Å². The molecule has 0 bridgehead atoms. The van der Waals surface area contributed by atoms with Gasteiger partial charge in [-0.2, -0.15) is 0 Å². The summed E-state index contributed by atoms with van der Waals surface area (Å²) in [6, 6.07) is 4.26. The fourth-order valence-corrected chi connectivity index (χ4v) is 2.84. The summed E-state index contributed by atoms with van der Waals surface area (Å²) in [6.45, 7) is 4.83. The molecule has 21 heavy (non-hydrogen) atoms. The minimum Gasteiger partial charge on any atom is -0.304 e. The van der Waals surface area contributed by atoms with Crippen LogP contribution in [0.2, 0.25) is 0 Å². The number of piperazine rings is 1. The van der Waals surface area contributed by atoms with Gasteiger partial charge in [0.1, 0.15) is 5.82 Å². The summed E-state index contributed by atoms with van der Waals surface area (Å²) >= 11 is 0. The Morgan fingerprint density at radius 1 is 1.10 bits per heavy atom. The van der Waals surface area contributed by atoms with Crippen molar-refractivity contribution in [2.45, 2.75) is 0 Å². The fraction of sp³-hybridized carbons (Fsp3) is 0.467. The van der Waals surface area contributed by atoms with E-state index < -0.39 is 17.5 Å². The van der Waals surface area contributed by atoms with Crippen molar-refractivity contribution < 1.29 is 14.0 Å². The summed E-state index contributed by atoms with van der Waals surface area (Å²) in [5.41, 5.74) is 0.319. The molecule has 2 heterocycles. The molecule has 3 rings (SSSR count). The number of carbonyl (C=O) groups excluding carboxylic acids is 2. The molecule has 0 radical (unpaired) electrons. The lowest BCUT2D eigenvalue weighted by atomic mass is 10.1. The van der Waals surface area contributed by atoms with Crippen molar-refractivity contribution >= 4 is 17.4 Å². The van der Waals surface area contributed by atoms with Crippen LogP contribution >= 0.6 is 0 Å². The summed E-state index contributed by atoms with van der Waals surface area (Å²) < 4.78 is 13.9. The number of carbonyl (C=O) groups is 2. The standard InChI is InChI=1S/C15H18FN3O2/c1-17-5-7-18(8-6-17)9-10-19-13-11(14(20)15(19)21)3-2-4-12(13)16/h2-4H,5-10H2,1H3. The quantitative estimate of drug-likeness (QED) is 0.765. The Morgan fingerprint density at radius 2 is 1.81 bits per heavy atom. The van der Waals surface area contributed by atoms with E-state index in [2.05, 4.69) is 16.8 Å². The second-order valence-corrected chi connectivity index (χ2v) is 5.57. The average Bonchev–Trinajstić information content (AvgIpc) is 2.73. The molecule has 6 heteroatoms. The van der Waals surface area contributed by atoms with Crippen LogP contribution in [0.4, 0.5) is 10.1 Å². The number of anilines is 1. The molecule has 1 saturated heterocycles. The van der Waals surface area contributed by atoms with Gasteiger partial charge in [-0.05, 0) is 19.2 Å². The third kappa shape index (κ3) is 2.56. The van der Waals surface area contributed by atoms with Crippen molar-refractivity contribution in [3.05, 3.63) is 29.6 Å². The predicted molar refractivity (Wildman–Crippen MR) is 77.0 cm³/mol. The highest BCUT2D eigenvalue weighted by Gasteiger charge is 2.37. The third-order valence-electron chi connectivity index (χ3n) is 4.18. The Kier molecular flexibility index (Phi) is 3.73. The molecule has 1 aromatic carbocycles. The maximum Gasteiger partial charge on any atom is 0.299 e. The van der Waals surface area contributed by atoms with Gasteiger partial charge in [-0.25, -0.2) is 4.39 Å². The van der Waals surface area contributed by atoms with E-state index in [1.165, 1.54) is 23.1 Å². The number of hydrogen-bond acceptors (Lipinski definition) is 4. The number of fused-ring (bicyclic) bond motifs is 1. The zero-order valence-corrected chi connectivity index (χ0v) is 12.0. The lowest BCUT2D eigenvalue weighted by Crippen LogP contribution is -2.47. The number of likely N-dealkylation sites (N-methyl/N-ethyl adjacent to an activating group) is 1. The molecule has 0 unspecified atom stereocenters. The van der Waals surface area contributed by atoms with Gasteiger partial charge in [0.15, 0.2) is 0 Å². The van der Waals surface area contributed by atoms with E-state index in [-0.39, 0.29) is 11.3 Å². The molecule has 1 amide bonds. The molecule has 0 aliphatic carbocycles. The number of halogens is 1. The Morgan fingerprint density at radius 3 is 2.52 bits per heavy atom. The van der Waals surface area contributed by atoms with Crippen LogP contribution in [-0.4, -0.2) is 67.8 Å². The second-order valence-electron chi connectivity index (χ2n) is 5.57. The lowest BCUT2D eigenvalue weighted by Gasteiger charge is -2.33. The Balaban J connectivity index is 1.72. The van der Waals surface area contributed by atoms with Gasteiger partial charge in [-0.1, -0.05) is 6.07 Å². The first-order chi connectivity index (χ1) is 10.1. The van der Waals surface area contributed by atoms with Gasteiger partial charge >= 0.3 is 0 Å². The Hall–Kier alpha value is -1.79. The summed E-state index contributed by atoms with van der Waals surface area (Å²) in [5, 5.41) is 0. The molecule has 1 fully saturated rings. The number of amides is 1. The SMILES string of the molecule is CN1CCN(CCN2C(=O)C(=O)c3cccc(F)c32)CC1. The largest absolute Gasteiger partial charge is 0.304 e. The molecule has 0 aromatic heterocycles. The van der Waals surface area contributed by atoms with Crippen molar-refractivity contribution in [2.24, 2.45) is 0 Å². The van der Waals surface area contributed by atoms with E-state index in [1.54, 1.807) is 0 Å². The van der Waals surface area contributed by atoms with Gasteiger partial charge in [-0.15, -0.1) is 0 Å². The van der Waals surface area contributed by atoms with Crippen LogP contribution in [0.15, 0.2) is 18.2 Å². The van der Waals surface area contributed by atoms with Crippen LogP contribution in [-0.2, 0) is 4.79 Å². The molecule has 2 aliphatic rings. The number of para-hydroxylation sites is 1. The first-order valence-corrected chi connectivity index (χ1v) is 7.13. The monoisotopic (exact) mass is 291 g/mol. The Bertz CT molecular complexity index is 582. The molecule has 0 spiro atoms. The number of rotatable bonds is 3. The zero-order chi connectivity index (χ0) is 15.0. The van der Waals surface area contributed by atoms with Gasteiger partial charge in [0.25, 0.3) is 11.7 Å². The van der Waals surface area contributed by atoms with Crippen LogP contribution in [0.25, 0.3) is 0 Å². The van der Waals surface area contributed by atoms with Gasteiger partial charge in [0.05, 0.1) is 11.3 Å². The van der Waals surface area contributed by atoms with Crippen LogP contribution in [0.1, 0.15) is 10.4 Å². The van der Waals surface area contributed by atoms with Crippen molar-refractivity contribution in [1.29, 1.82) is 0 Å². The second kappa shape index (κ2) is 5.54. The highest BCUT2D eigenvalue weighted by atomic mass is 19.1. The molecule has 5 nitrogen and oxygen atoms in total. The minimum atomic E-state index is -0.621. The summed E-state index contributed by atoms with van der Waals surface area (Å²) in [7, 11) is 2.08. The van der Waals surface area contributed by atoms with E-state index in [0.717, 1.165) is 26.2 Å². The van der Waals surface area contributed by atoms with Gasteiger partial charge < -0.3 is 9.80 Å². The smallest absolute Gasteiger partial charge is 0.299 e. The minimum absolute atomic E-state index is 0.140. The molecule has 0 N–H and O–H groups in total. The molecule has 0 atom stereocenters. The van der Waals surface area contributed by atoms with Gasteiger partial charge in [0.2, 0.25) is 0 Å². The van der Waals surface area contributed by atoms with Gasteiger partial charge in [-0.3, -0.25) is 14.5 Å². The van der Waals surface area contributed by atoms with E-state index >= 15 is 0 Å². The van der Waals surface area contributed by atoms with E-state index in [9.17, 15) is 14.0 Å². The predicted octanol–water partition coefficient (Wildman–Crippen LogP) is 0.602. The maximum atomic E-state index is 13.9. The molecular formula is C15H18FN3O2. The lowest BCUT2D eigenvalue weighted by molar-refractivity contribution is -0.114. The highest BCUT2D eigenvalue weighted by Crippen LogP contribution is 2.31. The number of Topliss-reactive ketones (excluding diaryl/α,β-unsaturated/α-hetero) is 1. The molecular weight excluding hydrogens is 273 g/mol. The first-order valence-electron chi connectivity index (χ1n) is 7.13. The number of ketones is 1. The molecule has 112 valence electrons. The van der Waals surface area contributed by atoms with Crippen LogP contribution in [0.5, 0.6) is 0 Å². The summed E-state index contributed by atoms with van der Waals surface area (Å²) in [4.78, 5) is 29.7. The van der Waals surface area contributed by atoms with Crippen molar-refractivity contribution in [1.82, 2.24) is 9.80 Å². The van der Waals surface area contributed by atoms with Crippen LogP contribution in [0, 0.1) is 5.82 Å². The van der Waals surface area contributed by atoms with E-state index in [4.69, 9.17) is 0 Å². The summed E-state index contributed by atoms with van der Waals surface area (Å²) in [5.74, 6) is -1.74. The topological polar surface area (TPSA) is 43.9 Å². The summed E-state index contributed by atoms with van der Waals surface area (Å²) in [6.07, 6.45) is 0. The van der Waals surface area contributed by atoms with E-state index in [0.29, 0.717) is 13.1 Å². The van der Waals surface area contributed by atoms with Crippen molar-refractivity contribution in [3.63, 3.8) is 0 Å². The fourth-order valence-electron chi connectivity index (χ4n) is 2.84. The number of benzene rings is 1. The molecule has 0 saturated carbocycles. The number of hydrogen-bond donors (Lipinski definition) is 0. The first kappa shape index (κ1) is 14.2. The molecule has 2 aliphatic heterocycles. The van der Waals surface area contributed by atoms with Crippen LogP contribution < -0.4 is 4.90 Å². The maximum absolute atomic E-state index is 13.9. The highest BCUT2D eigenvalue weighted by molar-refractivity contribution is 6.52. The third-order valence-corrected chi connectivity index (χ3v) is 4.18. The Labute approximate surface area is 122 Å². The zero-order valence-electron chi connectivity index (χ0n) is 12.0.